The number of hydrogen-bond acceptors (Lipinski definition) is 2. The maximum atomic E-state index is 12.8. The molecule has 0 fully saturated rings. The highest BCUT2D eigenvalue weighted by atomic mass is 16.2. The van der Waals surface area contributed by atoms with Gasteiger partial charge in [-0.25, -0.2) is 0 Å². The predicted octanol–water partition coefficient (Wildman–Crippen LogP) is 4.24. The minimum atomic E-state index is 0.151. The largest absolute Gasteiger partial charge is 0.334 e. The Morgan fingerprint density at radius 2 is 1.32 bits per heavy atom. The number of nitrogens with zero attached hydrogens (tertiary/aromatic N) is 2. The van der Waals surface area contributed by atoms with E-state index in [0.29, 0.717) is 25.9 Å². The highest BCUT2D eigenvalue weighted by Crippen LogP contribution is 2.12. The maximum Gasteiger partial charge on any atom is 0.223 e. The molecule has 0 radical (unpaired) electrons. The van der Waals surface area contributed by atoms with E-state index in [9.17, 15) is 4.79 Å². The molecule has 126 valence electrons. The van der Waals surface area contributed by atoms with E-state index in [1.165, 1.54) is 0 Å². The van der Waals surface area contributed by atoms with Crippen LogP contribution in [-0.2, 0) is 24.3 Å². The summed E-state index contributed by atoms with van der Waals surface area (Å²) < 4.78 is 0. The van der Waals surface area contributed by atoms with Crippen molar-refractivity contribution in [2.24, 2.45) is 0 Å². The van der Waals surface area contributed by atoms with Crippen LogP contribution in [0.2, 0.25) is 0 Å². The number of pyridine rings is 1. The molecular formula is C22H22N2O. The summed E-state index contributed by atoms with van der Waals surface area (Å²) >= 11 is 0. The molecule has 0 N–H and O–H groups in total. The van der Waals surface area contributed by atoms with E-state index in [-0.39, 0.29) is 5.91 Å². The fourth-order valence-electron chi connectivity index (χ4n) is 2.78. The lowest BCUT2D eigenvalue weighted by Gasteiger charge is -2.23. The van der Waals surface area contributed by atoms with Crippen LogP contribution in [0.15, 0.2) is 85.1 Å². The minimum absolute atomic E-state index is 0.151. The average Bonchev–Trinajstić information content (AvgIpc) is 2.68. The number of amides is 1. The second-order valence-corrected chi connectivity index (χ2v) is 6.04. The van der Waals surface area contributed by atoms with E-state index in [2.05, 4.69) is 29.2 Å². The molecule has 0 bridgehead atoms. The molecule has 1 amide bonds. The Labute approximate surface area is 149 Å². The quantitative estimate of drug-likeness (QED) is 0.649. The van der Waals surface area contributed by atoms with Crippen LogP contribution in [0, 0.1) is 0 Å². The molecule has 3 heteroatoms. The number of aryl methyl sites for hydroxylation is 1. The summed E-state index contributed by atoms with van der Waals surface area (Å²) in [6, 6.07) is 26.1. The van der Waals surface area contributed by atoms with Gasteiger partial charge in [0.05, 0.1) is 0 Å². The monoisotopic (exact) mass is 330 g/mol. The molecule has 0 unspecified atom stereocenters. The molecule has 3 aromatic rings. The van der Waals surface area contributed by atoms with Crippen molar-refractivity contribution in [2.75, 3.05) is 0 Å². The maximum absolute atomic E-state index is 12.8. The van der Waals surface area contributed by atoms with E-state index in [1.54, 1.807) is 6.20 Å². The average molecular weight is 330 g/mol. The Bertz CT molecular complexity index is 731. The predicted molar refractivity (Wildman–Crippen MR) is 99.7 cm³/mol. The van der Waals surface area contributed by atoms with Crippen LogP contribution in [0.3, 0.4) is 0 Å². The fourth-order valence-corrected chi connectivity index (χ4v) is 2.78. The smallest absolute Gasteiger partial charge is 0.223 e. The van der Waals surface area contributed by atoms with Crippen molar-refractivity contribution in [2.45, 2.75) is 25.9 Å². The van der Waals surface area contributed by atoms with Crippen LogP contribution in [0.1, 0.15) is 23.2 Å². The highest BCUT2D eigenvalue weighted by molar-refractivity contribution is 5.76. The summed E-state index contributed by atoms with van der Waals surface area (Å²) in [6.45, 7) is 1.24. The molecule has 0 saturated carbocycles. The van der Waals surface area contributed by atoms with E-state index in [4.69, 9.17) is 0 Å². The van der Waals surface area contributed by atoms with Gasteiger partial charge in [-0.2, -0.15) is 0 Å². The molecule has 0 aliphatic carbocycles. The van der Waals surface area contributed by atoms with E-state index in [0.717, 1.165) is 16.8 Å². The van der Waals surface area contributed by atoms with E-state index in [1.807, 2.05) is 59.5 Å². The molecule has 0 spiro atoms. The third kappa shape index (κ3) is 5.28. The van der Waals surface area contributed by atoms with Gasteiger partial charge in [-0.15, -0.1) is 0 Å². The topological polar surface area (TPSA) is 33.2 Å². The van der Waals surface area contributed by atoms with Gasteiger partial charge in [0.25, 0.3) is 0 Å². The van der Waals surface area contributed by atoms with Crippen LogP contribution in [0.25, 0.3) is 0 Å². The van der Waals surface area contributed by atoms with Gasteiger partial charge < -0.3 is 4.90 Å². The zero-order chi connectivity index (χ0) is 17.3. The third-order valence-electron chi connectivity index (χ3n) is 4.11. The summed E-state index contributed by atoms with van der Waals surface area (Å²) in [6.07, 6.45) is 2.90. The molecule has 0 atom stereocenters. The molecule has 0 saturated heterocycles. The summed E-state index contributed by atoms with van der Waals surface area (Å²) in [5, 5.41) is 0. The number of carbonyl (C=O) groups is 1. The third-order valence-corrected chi connectivity index (χ3v) is 4.11. The lowest BCUT2D eigenvalue weighted by atomic mass is 10.1. The van der Waals surface area contributed by atoms with Crippen molar-refractivity contribution in [1.29, 1.82) is 0 Å². The zero-order valence-electron chi connectivity index (χ0n) is 14.2. The van der Waals surface area contributed by atoms with Gasteiger partial charge in [-0.1, -0.05) is 66.7 Å². The molecule has 25 heavy (non-hydrogen) atoms. The van der Waals surface area contributed by atoms with Crippen LogP contribution < -0.4 is 0 Å². The van der Waals surface area contributed by atoms with E-state index < -0.39 is 0 Å². The first-order valence-corrected chi connectivity index (χ1v) is 8.57. The molecule has 3 rings (SSSR count). The van der Waals surface area contributed by atoms with Crippen molar-refractivity contribution in [3.05, 3.63) is 102 Å². The fraction of sp³-hybridized carbons (Fsp3) is 0.182. The van der Waals surface area contributed by atoms with Crippen LogP contribution in [-0.4, -0.2) is 15.8 Å². The van der Waals surface area contributed by atoms with Crippen LogP contribution >= 0.6 is 0 Å². The van der Waals surface area contributed by atoms with Gasteiger partial charge in [0, 0.05) is 31.4 Å². The number of aromatic nitrogens is 1. The number of benzene rings is 2. The molecular weight excluding hydrogens is 308 g/mol. The number of rotatable bonds is 7. The Morgan fingerprint density at radius 1 is 0.760 bits per heavy atom. The van der Waals surface area contributed by atoms with Gasteiger partial charge in [0.1, 0.15) is 0 Å². The summed E-state index contributed by atoms with van der Waals surface area (Å²) in [4.78, 5) is 19.1. The summed E-state index contributed by atoms with van der Waals surface area (Å²) in [7, 11) is 0. The normalized spacial score (nSPS) is 10.4. The first-order chi connectivity index (χ1) is 12.3. The standard InChI is InChI=1S/C22H22N2O/c25-22(15-14-21-13-7-8-16-23-21)24(17-19-9-3-1-4-10-19)18-20-11-5-2-6-12-20/h1-13,16H,14-15,17-18H2. The molecule has 0 aliphatic rings. The molecule has 1 heterocycles. The van der Waals surface area contributed by atoms with E-state index >= 15 is 0 Å². The van der Waals surface area contributed by atoms with Gasteiger partial charge in [0.2, 0.25) is 5.91 Å². The zero-order valence-corrected chi connectivity index (χ0v) is 14.2. The summed E-state index contributed by atoms with van der Waals surface area (Å²) in [5.41, 5.74) is 3.24. The SMILES string of the molecule is O=C(CCc1ccccn1)N(Cc1ccccc1)Cc1ccccc1. The van der Waals surface area contributed by atoms with Crippen LogP contribution in [0.4, 0.5) is 0 Å². The van der Waals surface area contributed by atoms with Crippen molar-refractivity contribution in [1.82, 2.24) is 9.88 Å². The lowest BCUT2D eigenvalue weighted by molar-refractivity contribution is -0.132. The first-order valence-electron chi connectivity index (χ1n) is 8.57. The van der Waals surface area contributed by atoms with Crippen molar-refractivity contribution >= 4 is 5.91 Å². The minimum Gasteiger partial charge on any atom is -0.334 e. The summed E-state index contributed by atoms with van der Waals surface area (Å²) in [5.74, 6) is 0.151. The van der Waals surface area contributed by atoms with Crippen molar-refractivity contribution in [3.63, 3.8) is 0 Å². The Kier molecular flexibility index (Phi) is 5.94. The van der Waals surface area contributed by atoms with Gasteiger partial charge in [-0.05, 0) is 29.7 Å². The first kappa shape index (κ1) is 16.9. The molecule has 1 aromatic heterocycles. The Hall–Kier alpha value is -2.94. The number of carbonyl (C=O) groups excluding carboxylic acids is 1. The second kappa shape index (κ2) is 8.78. The molecule has 3 nitrogen and oxygen atoms in total. The lowest BCUT2D eigenvalue weighted by Crippen LogP contribution is -2.30. The highest BCUT2D eigenvalue weighted by Gasteiger charge is 2.15. The van der Waals surface area contributed by atoms with Gasteiger partial charge in [0.15, 0.2) is 0 Å². The Morgan fingerprint density at radius 3 is 1.84 bits per heavy atom. The number of hydrogen-bond donors (Lipinski definition) is 0. The Balaban J connectivity index is 1.69. The van der Waals surface area contributed by atoms with Gasteiger partial charge in [-0.3, -0.25) is 9.78 Å². The molecule has 2 aromatic carbocycles. The van der Waals surface area contributed by atoms with Crippen molar-refractivity contribution < 1.29 is 4.79 Å². The van der Waals surface area contributed by atoms with Gasteiger partial charge >= 0.3 is 0 Å². The second-order valence-electron chi connectivity index (χ2n) is 6.04. The molecule has 0 aliphatic heterocycles. The van der Waals surface area contributed by atoms with Crippen LogP contribution in [0.5, 0.6) is 0 Å². The van der Waals surface area contributed by atoms with Crippen molar-refractivity contribution in [3.8, 4) is 0 Å².